The minimum absolute atomic E-state index is 0.0612. The van der Waals surface area contributed by atoms with E-state index in [9.17, 15) is 9.90 Å². The van der Waals surface area contributed by atoms with Crippen molar-refractivity contribution in [3.63, 3.8) is 0 Å². The summed E-state index contributed by atoms with van der Waals surface area (Å²) in [6.07, 6.45) is 1.34. The molecule has 138 valence electrons. The molecule has 3 N–H and O–H groups in total. The highest BCUT2D eigenvalue weighted by Crippen LogP contribution is 2.32. The molecule has 0 aromatic heterocycles. The highest BCUT2D eigenvalue weighted by Gasteiger charge is 2.14. The first-order valence-electron chi connectivity index (χ1n) is 7.75. The molecule has 0 fully saturated rings. The standard InChI is InChI=1S/C18H20BrN3O4/c1-11(21-14-6-4-5-7-15(14)25-2)18(24)22-20-10-12-8-13(19)9-16(26-3)17(12)23/h4-11,21,23H,1-3H3,(H,22,24)/b20-10-/t11-/m1/s1. The Morgan fingerprint density at radius 3 is 2.62 bits per heavy atom. The maximum atomic E-state index is 12.2. The summed E-state index contributed by atoms with van der Waals surface area (Å²) in [6, 6.07) is 10.0. The van der Waals surface area contributed by atoms with E-state index in [1.54, 1.807) is 32.2 Å². The number of rotatable bonds is 7. The predicted molar refractivity (Wildman–Crippen MR) is 104 cm³/mol. The molecule has 1 amide bonds. The SMILES string of the molecule is COc1ccccc1N[C@H](C)C(=O)N/N=C\c1cc(Br)cc(OC)c1O. The number of hydrogen-bond acceptors (Lipinski definition) is 6. The van der Waals surface area contributed by atoms with E-state index in [0.717, 1.165) is 0 Å². The molecule has 0 heterocycles. The van der Waals surface area contributed by atoms with Gasteiger partial charge in [-0.05, 0) is 31.2 Å². The summed E-state index contributed by atoms with van der Waals surface area (Å²) in [6.45, 7) is 1.71. The normalized spacial score (nSPS) is 11.8. The molecule has 0 spiro atoms. The van der Waals surface area contributed by atoms with Gasteiger partial charge in [0, 0.05) is 10.0 Å². The molecule has 0 saturated carbocycles. The first kappa shape index (κ1) is 19.6. The number of para-hydroxylation sites is 2. The number of nitrogens with zero attached hydrogens (tertiary/aromatic N) is 1. The Kier molecular flexibility index (Phi) is 6.85. The van der Waals surface area contributed by atoms with Gasteiger partial charge >= 0.3 is 0 Å². The maximum absolute atomic E-state index is 12.2. The molecule has 0 aliphatic heterocycles. The van der Waals surface area contributed by atoms with Gasteiger partial charge in [0.15, 0.2) is 11.5 Å². The smallest absolute Gasteiger partial charge is 0.262 e. The molecule has 8 heteroatoms. The lowest BCUT2D eigenvalue weighted by Crippen LogP contribution is -2.35. The average molecular weight is 422 g/mol. The topological polar surface area (TPSA) is 92.2 Å². The molecule has 0 saturated heterocycles. The molecule has 2 rings (SSSR count). The van der Waals surface area contributed by atoms with Crippen LogP contribution in [0.2, 0.25) is 0 Å². The first-order chi connectivity index (χ1) is 12.5. The number of anilines is 1. The number of hydrazone groups is 1. The van der Waals surface area contributed by atoms with E-state index in [2.05, 4.69) is 31.8 Å². The van der Waals surface area contributed by atoms with Gasteiger partial charge in [0.25, 0.3) is 5.91 Å². The molecule has 0 bridgehead atoms. The molecule has 7 nitrogen and oxygen atoms in total. The summed E-state index contributed by atoms with van der Waals surface area (Å²) >= 11 is 3.32. The largest absolute Gasteiger partial charge is 0.504 e. The van der Waals surface area contributed by atoms with Gasteiger partial charge in [-0.15, -0.1) is 0 Å². The van der Waals surface area contributed by atoms with Crippen LogP contribution in [0, 0.1) is 0 Å². The van der Waals surface area contributed by atoms with E-state index in [0.29, 0.717) is 27.2 Å². The summed E-state index contributed by atoms with van der Waals surface area (Å²) in [4.78, 5) is 12.2. The molecule has 26 heavy (non-hydrogen) atoms. The van der Waals surface area contributed by atoms with E-state index in [1.807, 2.05) is 18.2 Å². The lowest BCUT2D eigenvalue weighted by molar-refractivity contribution is -0.121. The van der Waals surface area contributed by atoms with Crippen molar-refractivity contribution in [2.45, 2.75) is 13.0 Å². The first-order valence-corrected chi connectivity index (χ1v) is 8.54. The quantitative estimate of drug-likeness (QED) is 0.471. The molecule has 2 aromatic rings. The van der Waals surface area contributed by atoms with Crippen molar-refractivity contribution < 1.29 is 19.4 Å². The fourth-order valence-electron chi connectivity index (χ4n) is 2.17. The number of benzene rings is 2. The number of phenols is 1. The van der Waals surface area contributed by atoms with E-state index in [-0.39, 0.29) is 11.7 Å². The van der Waals surface area contributed by atoms with Crippen LogP contribution in [0.15, 0.2) is 46.0 Å². The summed E-state index contributed by atoms with van der Waals surface area (Å²) in [5.74, 6) is 0.544. The van der Waals surface area contributed by atoms with Crippen molar-refractivity contribution >= 4 is 33.7 Å². The Labute approximate surface area is 160 Å². The van der Waals surface area contributed by atoms with Crippen LogP contribution in [-0.2, 0) is 4.79 Å². The minimum Gasteiger partial charge on any atom is -0.504 e. The van der Waals surface area contributed by atoms with Crippen molar-refractivity contribution in [2.75, 3.05) is 19.5 Å². The molecule has 0 radical (unpaired) electrons. The van der Waals surface area contributed by atoms with Gasteiger partial charge < -0.3 is 19.9 Å². The molecule has 2 aromatic carbocycles. The summed E-state index contributed by atoms with van der Waals surface area (Å²) in [5.41, 5.74) is 3.54. The molecule has 0 aliphatic carbocycles. The van der Waals surface area contributed by atoms with Crippen LogP contribution >= 0.6 is 15.9 Å². The molecule has 1 atom stereocenters. The van der Waals surface area contributed by atoms with E-state index in [4.69, 9.17) is 9.47 Å². The Bertz CT molecular complexity index is 811. The van der Waals surface area contributed by atoms with Crippen molar-refractivity contribution in [3.8, 4) is 17.2 Å². The highest BCUT2D eigenvalue weighted by molar-refractivity contribution is 9.10. The Morgan fingerprint density at radius 2 is 1.92 bits per heavy atom. The van der Waals surface area contributed by atoms with Gasteiger partial charge in [-0.2, -0.15) is 5.10 Å². The number of carbonyl (C=O) groups excluding carboxylic acids is 1. The molecule has 0 unspecified atom stereocenters. The van der Waals surface area contributed by atoms with Crippen molar-refractivity contribution in [1.29, 1.82) is 0 Å². The zero-order valence-electron chi connectivity index (χ0n) is 14.6. The van der Waals surface area contributed by atoms with Gasteiger partial charge in [-0.25, -0.2) is 5.43 Å². The van der Waals surface area contributed by atoms with Gasteiger partial charge in [0.1, 0.15) is 11.8 Å². The number of halogens is 1. The van der Waals surface area contributed by atoms with Crippen molar-refractivity contribution in [3.05, 3.63) is 46.4 Å². The van der Waals surface area contributed by atoms with Crippen LogP contribution in [0.5, 0.6) is 17.2 Å². The van der Waals surface area contributed by atoms with Gasteiger partial charge in [-0.1, -0.05) is 28.1 Å². The number of aromatic hydroxyl groups is 1. The molecular formula is C18H20BrN3O4. The minimum atomic E-state index is -0.547. The number of phenolic OH excluding ortho intramolecular Hbond substituents is 1. The second kappa shape index (κ2) is 9.10. The highest BCUT2D eigenvalue weighted by atomic mass is 79.9. The average Bonchev–Trinajstić information content (AvgIpc) is 2.64. The second-order valence-electron chi connectivity index (χ2n) is 5.35. The van der Waals surface area contributed by atoms with Gasteiger partial charge in [0.2, 0.25) is 0 Å². The molecular weight excluding hydrogens is 402 g/mol. The second-order valence-corrected chi connectivity index (χ2v) is 6.26. The van der Waals surface area contributed by atoms with E-state index in [1.165, 1.54) is 13.3 Å². The third-order valence-corrected chi connectivity index (χ3v) is 4.00. The fraction of sp³-hybridized carbons (Fsp3) is 0.222. The van der Waals surface area contributed by atoms with Crippen LogP contribution in [-0.4, -0.2) is 37.5 Å². The number of nitrogens with one attached hydrogen (secondary N) is 2. The van der Waals surface area contributed by atoms with Crippen LogP contribution < -0.4 is 20.2 Å². The van der Waals surface area contributed by atoms with Crippen LogP contribution in [0.4, 0.5) is 5.69 Å². The number of amides is 1. The van der Waals surface area contributed by atoms with Crippen LogP contribution in [0.3, 0.4) is 0 Å². The van der Waals surface area contributed by atoms with Crippen molar-refractivity contribution in [2.24, 2.45) is 5.10 Å². The zero-order valence-corrected chi connectivity index (χ0v) is 16.2. The van der Waals surface area contributed by atoms with Crippen molar-refractivity contribution in [1.82, 2.24) is 5.43 Å². The summed E-state index contributed by atoms with van der Waals surface area (Å²) in [5, 5.41) is 17.0. The number of ether oxygens (including phenoxy) is 2. The monoisotopic (exact) mass is 421 g/mol. The number of methoxy groups -OCH3 is 2. The molecule has 0 aliphatic rings. The van der Waals surface area contributed by atoms with Gasteiger partial charge in [0.05, 0.1) is 26.1 Å². The van der Waals surface area contributed by atoms with E-state index < -0.39 is 6.04 Å². The Hall–Kier alpha value is -2.74. The fourth-order valence-corrected chi connectivity index (χ4v) is 2.63. The van der Waals surface area contributed by atoms with E-state index >= 15 is 0 Å². The summed E-state index contributed by atoms with van der Waals surface area (Å²) in [7, 11) is 3.02. The lowest BCUT2D eigenvalue weighted by atomic mass is 10.2. The van der Waals surface area contributed by atoms with Gasteiger partial charge in [-0.3, -0.25) is 4.79 Å². The predicted octanol–water partition coefficient (Wildman–Crippen LogP) is 3.12. The number of carbonyl (C=O) groups is 1. The van der Waals surface area contributed by atoms with Crippen LogP contribution in [0.25, 0.3) is 0 Å². The zero-order chi connectivity index (χ0) is 19.1. The lowest BCUT2D eigenvalue weighted by Gasteiger charge is -2.15. The number of hydrogen-bond donors (Lipinski definition) is 3. The maximum Gasteiger partial charge on any atom is 0.262 e. The third-order valence-electron chi connectivity index (χ3n) is 3.54. The Morgan fingerprint density at radius 1 is 1.23 bits per heavy atom. The Balaban J connectivity index is 2.02. The van der Waals surface area contributed by atoms with Crippen LogP contribution in [0.1, 0.15) is 12.5 Å². The summed E-state index contributed by atoms with van der Waals surface area (Å²) < 4.78 is 11.0. The third kappa shape index (κ3) is 4.89.